The van der Waals surface area contributed by atoms with Gasteiger partial charge in [-0.25, -0.2) is 4.39 Å². The molecule has 2 rings (SSSR count). The van der Waals surface area contributed by atoms with Crippen LogP contribution >= 0.6 is 0 Å². The van der Waals surface area contributed by atoms with Gasteiger partial charge < -0.3 is 15.3 Å². The minimum atomic E-state index is -0.519. The molecule has 0 aliphatic rings. The predicted octanol–water partition coefficient (Wildman–Crippen LogP) is 2.08. The monoisotopic (exact) mass is 221 g/mol. The Kier molecular flexibility index (Phi) is 3.03. The van der Waals surface area contributed by atoms with Gasteiger partial charge in [-0.1, -0.05) is 0 Å². The highest BCUT2D eigenvalue weighted by Gasteiger charge is 2.10. The Balaban J connectivity index is 2.28. The molecule has 1 aromatic carbocycles. The SMILES string of the molecule is NC(CO)c1ccc(-c2ccc(F)cc2)o1. The van der Waals surface area contributed by atoms with E-state index in [-0.39, 0.29) is 12.4 Å². The molecule has 0 amide bonds. The van der Waals surface area contributed by atoms with Crippen molar-refractivity contribution in [2.75, 3.05) is 6.61 Å². The zero-order valence-electron chi connectivity index (χ0n) is 8.56. The number of furan rings is 1. The smallest absolute Gasteiger partial charge is 0.134 e. The van der Waals surface area contributed by atoms with Crippen LogP contribution in [0.4, 0.5) is 4.39 Å². The van der Waals surface area contributed by atoms with Crippen molar-refractivity contribution in [2.24, 2.45) is 5.73 Å². The molecule has 16 heavy (non-hydrogen) atoms. The van der Waals surface area contributed by atoms with Gasteiger partial charge in [0.05, 0.1) is 12.6 Å². The first-order valence-corrected chi connectivity index (χ1v) is 4.93. The topological polar surface area (TPSA) is 59.4 Å². The second-order valence-electron chi connectivity index (χ2n) is 3.50. The molecule has 1 atom stereocenters. The first-order chi connectivity index (χ1) is 7.70. The van der Waals surface area contributed by atoms with Gasteiger partial charge in [-0.15, -0.1) is 0 Å². The summed E-state index contributed by atoms with van der Waals surface area (Å²) in [6.45, 7) is -0.170. The zero-order chi connectivity index (χ0) is 11.5. The van der Waals surface area contributed by atoms with Crippen LogP contribution in [0.3, 0.4) is 0 Å². The number of halogens is 1. The van der Waals surface area contributed by atoms with Gasteiger partial charge in [-0.2, -0.15) is 0 Å². The maximum absolute atomic E-state index is 12.7. The van der Waals surface area contributed by atoms with Gasteiger partial charge in [0.1, 0.15) is 17.3 Å². The van der Waals surface area contributed by atoms with Gasteiger partial charge in [0.25, 0.3) is 0 Å². The van der Waals surface area contributed by atoms with Crippen molar-refractivity contribution >= 4 is 0 Å². The molecule has 2 aromatic rings. The lowest BCUT2D eigenvalue weighted by Gasteiger charge is -2.03. The quantitative estimate of drug-likeness (QED) is 0.834. The Morgan fingerprint density at radius 2 is 1.88 bits per heavy atom. The number of aliphatic hydroxyl groups is 1. The molecule has 0 saturated heterocycles. The fourth-order valence-electron chi connectivity index (χ4n) is 1.41. The molecule has 0 radical (unpaired) electrons. The van der Waals surface area contributed by atoms with E-state index in [0.717, 1.165) is 5.56 Å². The molecule has 0 fully saturated rings. The molecule has 3 nitrogen and oxygen atoms in total. The molecule has 0 aliphatic carbocycles. The summed E-state index contributed by atoms with van der Waals surface area (Å²) in [6, 6.07) is 8.92. The lowest BCUT2D eigenvalue weighted by molar-refractivity contribution is 0.252. The second-order valence-corrected chi connectivity index (χ2v) is 3.50. The van der Waals surface area contributed by atoms with E-state index in [2.05, 4.69) is 0 Å². The molecule has 0 saturated carbocycles. The van der Waals surface area contributed by atoms with Crippen LogP contribution in [0.25, 0.3) is 11.3 Å². The highest BCUT2D eigenvalue weighted by molar-refractivity contribution is 5.57. The number of rotatable bonds is 3. The lowest BCUT2D eigenvalue weighted by atomic mass is 10.2. The summed E-state index contributed by atoms with van der Waals surface area (Å²) in [7, 11) is 0. The average Bonchev–Trinajstić information content (AvgIpc) is 2.78. The van der Waals surface area contributed by atoms with Crippen LogP contribution < -0.4 is 5.73 Å². The Bertz CT molecular complexity index is 464. The van der Waals surface area contributed by atoms with Crippen molar-refractivity contribution in [2.45, 2.75) is 6.04 Å². The van der Waals surface area contributed by atoms with Gasteiger partial charge in [-0.3, -0.25) is 0 Å². The van der Waals surface area contributed by atoms with E-state index >= 15 is 0 Å². The van der Waals surface area contributed by atoms with Crippen LogP contribution in [0.1, 0.15) is 11.8 Å². The first kappa shape index (κ1) is 10.9. The Hall–Kier alpha value is -1.65. The fraction of sp³-hybridized carbons (Fsp3) is 0.167. The van der Waals surface area contributed by atoms with Crippen molar-refractivity contribution < 1.29 is 13.9 Å². The number of nitrogens with two attached hydrogens (primary N) is 1. The summed E-state index contributed by atoms with van der Waals surface area (Å²) in [4.78, 5) is 0. The van der Waals surface area contributed by atoms with Crippen molar-refractivity contribution in [3.05, 3.63) is 48.0 Å². The third-order valence-electron chi connectivity index (χ3n) is 2.32. The Morgan fingerprint density at radius 3 is 2.50 bits per heavy atom. The van der Waals surface area contributed by atoms with Gasteiger partial charge in [0.2, 0.25) is 0 Å². The minimum Gasteiger partial charge on any atom is -0.459 e. The third-order valence-corrected chi connectivity index (χ3v) is 2.32. The molecule has 1 unspecified atom stereocenters. The molecule has 84 valence electrons. The van der Waals surface area contributed by atoms with E-state index in [4.69, 9.17) is 15.3 Å². The Morgan fingerprint density at radius 1 is 1.19 bits per heavy atom. The van der Waals surface area contributed by atoms with E-state index in [1.807, 2.05) is 0 Å². The van der Waals surface area contributed by atoms with Gasteiger partial charge in [0.15, 0.2) is 0 Å². The maximum atomic E-state index is 12.7. The van der Waals surface area contributed by atoms with Gasteiger partial charge in [0, 0.05) is 5.56 Å². The summed E-state index contributed by atoms with van der Waals surface area (Å²) in [5.74, 6) is 0.836. The minimum absolute atomic E-state index is 0.170. The molecule has 3 N–H and O–H groups in total. The zero-order valence-corrected chi connectivity index (χ0v) is 8.56. The predicted molar refractivity (Wildman–Crippen MR) is 58.1 cm³/mol. The Labute approximate surface area is 92.3 Å². The van der Waals surface area contributed by atoms with E-state index in [1.54, 1.807) is 24.3 Å². The van der Waals surface area contributed by atoms with E-state index < -0.39 is 6.04 Å². The van der Waals surface area contributed by atoms with Crippen molar-refractivity contribution in [1.82, 2.24) is 0 Å². The molecule has 4 heteroatoms. The first-order valence-electron chi connectivity index (χ1n) is 4.93. The molecular weight excluding hydrogens is 209 g/mol. The fourth-order valence-corrected chi connectivity index (χ4v) is 1.41. The van der Waals surface area contributed by atoms with Crippen LogP contribution in [0.5, 0.6) is 0 Å². The molecule has 1 aromatic heterocycles. The van der Waals surface area contributed by atoms with Crippen molar-refractivity contribution in [3.8, 4) is 11.3 Å². The number of hydrogen-bond acceptors (Lipinski definition) is 3. The molecular formula is C12H12FNO2. The summed E-state index contributed by atoms with van der Waals surface area (Å²) in [5, 5.41) is 8.87. The summed E-state index contributed by atoms with van der Waals surface area (Å²) in [5.41, 5.74) is 6.38. The lowest BCUT2D eigenvalue weighted by Crippen LogP contribution is -2.13. The van der Waals surface area contributed by atoms with E-state index in [0.29, 0.717) is 11.5 Å². The van der Waals surface area contributed by atoms with Crippen LogP contribution in [0, 0.1) is 5.82 Å². The molecule has 1 heterocycles. The largest absolute Gasteiger partial charge is 0.459 e. The second kappa shape index (κ2) is 4.47. The van der Waals surface area contributed by atoms with Crippen LogP contribution in [-0.2, 0) is 0 Å². The number of aliphatic hydroxyl groups excluding tert-OH is 1. The van der Waals surface area contributed by atoms with Gasteiger partial charge >= 0.3 is 0 Å². The highest BCUT2D eigenvalue weighted by atomic mass is 19.1. The van der Waals surface area contributed by atoms with Crippen LogP contribution in [0.15, 0.2) is 40.8 Å². The van der Waals surface area contributed by atoms with Crippen molar-refractivity contribution in [3.63, 3.8) is 0 Å². The highest BCUT2D eigenvalue weighted by Crippen LogP contribution is 2.24. The van der Waals surface area contributed by atoms with E-state index in [1.165, 1.54) is 12.1 Å². The normalized spacial score (nSPS) is 12.7. The number of hydrogen-bond donors (Lipinski definition) is 2. The van der Waals surface area contributed by atoms with Crippen LogP contribution in [0.2, 0.25) is 0 Å². The average molecular weight is 221 g/mol. The number of benzene rings is 1. The molecule has 0 aliphatic heterocycles. The molecule has 0 spiro atoms. The summed E-state index contributed by atoms with van der Waals surface area (Å²) < 4.78 is 18.2. The maximum Gasteiger partial charge on any atom is 0.134 e. The van der Waals surface area contributed by atoms with Gasteiger partial charge in [-0.05, 0) is 36.4 Å². The van der Waals surface area contributed by atoms with Crippen molar-refractivity contribution in [1.29, 1.82) is 0 Å². The van der Waals surface area contributed by atoms with E-state index in [9.17, 15) is 4.39 Å². The van der Waals surface area contributed by atoms with Crippen LogP contribution in [-0.4, -0.2) is 11.7 Å². The third kappa shape index (κ3) is 2.13. The summed E-state index contributed by atoms with van der Waals surface area (Å²) >= 11 is 0. The summed E-state index contributed by atoms with van der Waals surface area (Å²) in [6.07, 6.45) is 0. The molecule has 0 bridgehead atoms. The standard InChI is InChI=1S/C12H12FNO2/c13-9-3-1-8(2-4-9)11-5-6-12(16-11)10(14)7-15/h1-6,10,15H,7,14H2.